The van der Waals surface area contributed by atoms with Gasteiger partial charge in [-0.2, -0.15) is 0 Å². The lowest BCUT2D eigenvalue weighted by Gasteiger charge is -2.11. The van der Waals surface area contributed by atoms with Crippen LogP contribution in [0.2, 0.25) is 0 Å². The van der Waals surface area contributed by atoms with Crippen molar-refractivity contribution in [3.05, 3.63) is 0 Å². The maximum absolute atomic E-state index is 10.9. The van der Waals surface area contributed by atoms with Gasteiger partial charge in [-0.1, -0.05) is 13.3 Å². The Labute approximate surface area is 74.0 Å². The first kappa shape index (κ1) is 11.4. The van der Waals surface area contributed by atoms with Gasteiger partial charge in [-0.05, 0) is 12.3 Å². The van der Waals surface area contributed by atoms with Crippen molar-refractivity contribution in [2.45, 2.75) is 26.2 Å². The number of esters is 1. The normalized spacial score (nSPS) is 12.6. The van der Waals surface area contributed by atoms with Gasteiger partial charge in [0.05, 0.1) is 7.11 Å². The Morgan fingerprint density at radius 3 is 2.50 bits per heavy atom. The minimum Gasteiger partial charge on any atom is -0.469 e. The van der Waals surface area contributed by atoms with Gasteiger partial charge in [-0.25, -0.2) is 0 Å². The number of methoxy groups -OCH3 is 2. The molecule has 1 unspecified atom stereocenters. The maximum Gasteiger partial charge on any atom is 0.305 e. The van der Waals surface area contributed by atoms with Crippen LogP contribution in [0.5, 0.6) is 0 Å². The van der Waals surface area contributed by atoms with Crippen molar-refractivity contribution >= 4 is 5.97 Å². The standard InChI is InChI=1S/C9H18O3/c1-4-8(5-6-11-2)7-9(10)12-3/h8H,4-7H2,1-3H3. The van der Waals surface area contributed by atoms with Crippen LogP contribution in [0.3, 0.4) is 0 Å². The van der Waals surface area contributed by atoms with Crippen molar-refractivity contribution in [1.29, 1.82) is 0 Å². The van der Waals surface area contributed by atoms with E-state index in [-0.39, 0.29) is 5.97 Å². The Bertz CT molecular complexity index is 123. The fourth-order valence-electron chi connectivity index (χ4n) is 1.05. The molecule has 0 saturated carbocycles. The Hall–Kier alpha value is -0.570. The molecule has 12 heavy (non-hydrogen) atoms. The molecule has 0 aliphatic rings. The van der Waals surface area contributed by atoms with Crippen LogP contribution in [0.1, 0.15) is 26.2 Å². The first-order valence-electron chi connectivity index (χ1n) is 4.30. The van der Waals surface area contributed by atoms with Crippen molar-refractivity contribution < 1.29 is 14.3 Å². The Morgan fingerprint density at radius 1 is 1.42 bits per heavy atom. The van der Waals surface area contributed by atoms with E-state index in [9.17, 15) is 4.79 Å². The monoisotopic (exact) mass is 174 g/mol. The minimum absolute atomic E-state index is 0.127. The number of carbonyl (C=O) groups is 1. The van der Waals surface area contributed by atoms with Gasteiger partial charge in [0.25, 0.3) is 0 Å². The van der Waals surface area contributed by atoms with E-state index >= 15 is 0 Å². The van der Waals surface area contributed by atoms with Gasteiger partial charge in [-0.3, -0.25) is 4.79 Å². The zero-order valence-corrected chi connectivity index (χ0v) is 8.13. The first-order valence-corrected chi connectivity index (χ1v) is 4.30. The van der Waals surface area contributed by atoms with E-state index in [1.165, 1.54) is 7.11 Å². The maximum atomic E-state index is 10.9. The average Bonchev–Trinajstić information content (AvgIpc) is 2.11. The zero-order valence-electron chi connectivity index (χ0n) is 8.13. The van der Waals surface area contributed by atoms with Crippen molar-refractivity contribution in [1.82, 2.24) is 0 Å². The van der Waals surface area contributed by atoms with Crippen LogP contribution in [-0.2, 0) is 14.3 Å². The molecule has 72 valence electrons. The summed E-state index contributed by atoms with van der Waals surface area (Å²) in [4.78, 5) is 10.9. The number of carbonyl (C=O) groups excluding carboxylic acids is 1. The van der Waals surface area contributed by atoms with Crippen LogP contribution in [0.25, 0.3) is 0 Å². The Morgan fingerprint density at radius 2 is 2.08 bits per heavy atom. The minimum atomic E-state index is -0.127. The fourth-order valence-corrected chi connectivity index (χ4v) is 1.05. The summed E-state index contributed by atoms with van der Waals surface area (Å²) in [7, 11) is 3.09. The summed E-state index contributed by atoms with van der Waals surface area (Å²) in [6, 6.07) is 0. The molecule has 0 N–H and O–H groups in total. The summed E-state index contributed by atoms with van der Waals surface area (Å²) in [5.41, 5.74) is 0. The van der Waals surface area contributed by atoms with E-state index in [1.807, 2.05) is 0 Å². The molecule has 0 aromatic carbocycles. The topological polar surface area (TPSA) is 35.5 Å². The molecule has 3 heteroatoms. The smallest absolute Gasteiger partial charge is 0.305 e. The molecule has 0 radical (unpaired) electrons. The third kappa shape index (κ3) is 5.13. The molecule has 0 spiro atoms. The molecule has 1 atom stereocenters. The SMILES string of the molecule is CCC(CCOC)CC(=O)OC. The van der Waals surface area contributed by atoms with Gasteiger partial charge >= 0.3 is 5.97 Å². The van der Waals surface area contributed by atoms with E-state index < -0.39 is 0 Å². The van der Waals surface area contributed by atoms with E-state index in [1.54, 1.807) is 7.11 Å². The van der Waals surface area contributed by atoms with Crippen molar-refractivity contribution in [3.63, 3.8) is 0 Å². The molecule has 0 fully saturated rings. The molecular formula is C9H18O3. The highest BCUT2D eigenvalue weighted by atomic mass is 16.5. The number of hydrogen-bond acceptors (Lipinski definition) is 3. The molecule has 0 heterocycles. The Kier molecular flexibility index (Phi) is 6.76. The number of ether oxygens (including phenoxy) is 2. The molecule has 0 rings (SSSR count). The van der Waals surface area contributed by atoms with Gasteiger partial charge in [-0.15, -0.1) is 0 Å². The Balaban J connectivity index is 3.59. The van der Waals surface area contributed by atoms with E-state index in [2.05, 4.69) is 11.7 Å². The van der Waals surface area contributed by atoms with Crippen LogP contribution in [0, 0.1) is 5.92 Å². The molecule has 0 saturated heterocycles. The molecule has 3 nitrogen and oxygen atoms in total. The lowest BCUT2D eigenvalue weighted by atomic mass is 9.99. The molecule has 0 amide bonds. The summed E-state index contributed by atoms with van der Waals surface area (Å²) in [5, 5.41) is 0. The predicted octanol–water partition coefficient (Wildman–Crippen LogP) is 1.61. The van der Waals surface area contributed by atoms with E-state index in [0.717, 1.165) is 19.4 Å². The van der Waals surface area contributed by atoms with Gasteiger partial charge in [0.2, 0.25) is 0 Å². The molecule has 0 aliphatic carbocycles. The van der Waals surface area contributed by atoms with Gasteiger partial charge in [0.15, 0.2) is 0 Å². The summed E-state index contributed by atoms with van der Waals surface area (Å²) < 4.78 is 9.52. The number of hydrogen-bond donors (Lipinski definition) is 0. The number of rotatable bonds is 6. The highest BCUT2D eigenvalue weighted by molar-refractivity contribution is 5.69. The average molecular weight is 174 g/mol. The van der Waals surface area contributed by atoms with Crippen molar-refractivity contribution in [2.75, 3.05) is 20.8 Å². The quantitative estimate of drug-likeness (QED) is 0.574. The highest BCUT2D eigenvalue weighted by Crippen LogP contribution is 2.13. The second-order valence-electron chi connectivity index (χ2n) is 2.84. The van der Waals surface area contributed by atoms with Crippen molar-refractivity contribution in [3.8, 4) is 0 Å². The molecule has 0 aliphatic heterocycles. The van der Waals surface area contributed by atoms with Crippen molar-refractivity contribution in [2.24, 2.45) is 5.92 Å². The third-order valence-electron chi connectivity index (χ3n) is 1.99. The van der Waals surface area contributed by atoms with E-state index in [4.69, 9.17) is 4.74 Å². The zero-order chi connectivity index (χ0) is 9.40. The summed E-state index contributed by atoms with van der Waals surface area (Å²) >= 11 is 0. The third-order valence-corrected chi connectivity index (χ3v) is 1.99. The first-order chi connectivity index (χ1) is 5.74. The second kappa shape index (κ2) is 7.10. The second-order valence-corrected chi connectivity index (χ2v) is 2.84. The van der Waals surface area contributed by atoms with Crippen LogP contribution in [0.15, 0.2) is 0 Å². The molecular weight excluding hydrogens is 156 g/mol. The molecule has 0 bridgehead atoms. The van der Waals surface area contributed by atoms with Gasteiger partial charge < -0.3 is 9.47 Å². The molecule has 0 aromatic heterocycles. The van der Waals surface area contributed by atoms with Crippen LogP contribution >= 0.6 is 0 Å². The summed E-state index contributed by atoms with van der Waals surface area (Å²) in [6.07, 6.45) is 2.44. The van der Waals surface area contributed by atoms with E-state index in [0.29, 0.717) is 12.3 Å². The molecule has 0 aromatic rings. The van der Waals surface area contributed by atoms with Crippen LogP contribution in [-0.4, -0.2) is 26.8 Å². The summed E-state index contributed by atoms with van der Waals surface area (Å²) in [6.45, 7) is 2.79. The lowest BCUT2D eigenvalue weighted by molar-refractivity contribution is -0.141. The predicted molar refractivity (Wildman–Crippen MR) is 46.9 cm³/mol. The van der Waals surface area contributed by atoms with Crippen LogP contribution < -0.4 is 0 Å². The lowest BCUT2D eigenvalue weighted by Crippen LogP contribution is -2.11. The van der Waals surface area contributed by atoms with Gasteiger partial charge in [0.1, 0.15) is 0 Å². The highest BCUT2D eigenvalue weighted by Gasteiger charge is 2.11. The van der Waals surface area contributed by atoms with Crippen LogP contribution in [0.4, 0.5) is 0 Å². The largest absolute Gasteiger partial charge is 0.469 e. The fraction of sp³-hybridized carbons (Fsp3) is 0.889. The van der Waals surface area contributed by atoms with Gasteiger partial charge in [0, 0.05) is 20.1 Å². The summed E-state index contributed by atoms with van der Waals surface area (Å²) in [5.74, 6) is 0.273.